The van der Waals surface area contributed by atoms with Gasteiger partial charge in [0, 0.05) is 91.1 Å². The number of nitrogens with one attached hydrogen (secondary N) is 2. The molecule has 2 bridgehead atoms. The van der Waals surface area contributed by atoms with Gasteiger partial charge in [0.1, 0.15) is 17.3 Å². The molecule has 3 fully saturated rings. The number of carbonyl (C=O) groups excluding carboxylic acids is 2. The lowest BCUT2D eigenvalue weighted by Crippen LogP contribution is -2.81. The number of para-hydroxylation sites is 1. The summed E-state index contributed by atoms with van der Waals surface area (Å²) in [5.74, 6) is -0.624. The second-order valence-corrected chi connectivity index (χ2v) is 19.0. The number of aliphatic hydroxyl groups is 3. The number of aliphatic hydroxyl groups excluding tert-OH is 1. The first-order chi connectivity index (χ1) is 28.8. The Balaban J connectivity index is 0.000000973. The van der Waals surface area contributed by atoms with Crippen molar-refractivity contribution in [2.75, 3.05) is 65.9 Å². The summed E-state index contributed by atoms with van der Waals surface area (Å²) in [5.41, 5.74) is -1.12. The largest absolute Gasteiger partial charge is 0.496 e. The highest BCUT2D eigenvalue weighted by Crippen LogP contribution is 2.67. The molecule has 10 atom stereocenters. The van der Waals surface area contributed by atoms with Gasteiger partial charge in [-0.15, -0.1) is 0 Å². The normalized spacial score (nSPS) is 36.2. The molecule has 6 aliphatic rings. The fourth-order valence-corrected chi connectivity index (χ4v) is 13.2. The molecule has 1 amide bonds. The molecule has 17 heteroatoms. The van der Waals surface area contributed by atoms with E-state index in [4.69, 9.17) is 27.0 Å². The van der Waals surface area contributed by atoms with E-state index in [2.05, 4.69) is 38.3 Å². The number of benzene rings is 2. The highest BCUT2D eigenvalue weighted by atomic mass is 32.3. The van der Waals surface area contributed by atoms with Crippen LogP contribution in [0.3, 0.4) is 0 Å². The van der Waals surface area contributed by atoms with Gasteiger partial charge in [-0.1, -0.05) is 44.2 Å². The number of hydrogen-bond acceptors (Lipinski definition) is 12. The van der Waals surface area contributed by atoms with E-state index >= 15 is 4.79 Å². The molecule has 332 valence electrons. The molecule has 0 radical (unpaired) electrons. The number of ether oxygens (including phenoxy) is 2. The highest BCUT2D eigenvalue weighted by molar-refractivity contribution is 7.79. The molecule has 3 aromatic rings. The lowest BCUT2D eigenvalue weighted by Gasteiger charge is -2.63. The zero-order valence-corrected chi connectivity index (χ0v) is 36.5. The van der Waals surface area contributed by atoms with Crippen molar-refractivity contribution in [2.45, 2.75) is 92.6 Å². The summed E-state index contributed by atoms with van der Waals surface area (Å²) in [6, 6.07) is 11.2. The van der Waals surface area contributed by atoms with Gasteiger partial charge in [0.25, 0.3) is 5.91 Å². The van der Waals surface area contributed by atoms with Gasteiger partial charge in [0.2, 0.25) is 0 Å². The van der Waals surface area contributed by atoms with E-state index < -0.39 is 61.9 Å². The number of likely N-dealkylation sites (N-methyl/N-ethyl adjacent to an activating group) is 2. The van der Waals surface area contributed by atoms with Gasteiger partial charge in [0.05, 0.1) is 25.9 Å². The minimum absolute atomic E-state index is 0.0712. The molecule has 2 saturated heterocycles. The molecule has 1 saturated carbocycles. The molecule has 1 aliphatic carbocycles. The predicted octanol–water partition coefficient (Wildman–Crippen LogP) is 2.34. The van der Waals surface area contributed by atoms with E-state index in [0.29, 0.717) is 69.5 Å². The summed E-state index contributed by atoms with van der Waals surface area (Å²) < 4.78 is 43.9. The van der Waals surface area contributed by atoms with Gasteiger partial charge in [0.15, 0.2) is 5.60 Å². The lowest BCUT2D eigenvalue weighted by molar-refractivity contribution is -0.203. The number of amides is 1. The molecular weight excluding hydrogens is 807 g/mol. The van der Waals surface area contributed by atoms with Crippen LogP contribution in [0.25, 0.3) is 10.9 Å². The summed E-state index contributed by atoms with van der Waals surface area (Å²) in [7, 11) is 1.80. The van der Waals surface area contributed by atoms with Crippen LogP contribution in [0.1, 0.15) is 68.3 Å². The second kappa shape index (κ2) is 15.0. The first-order valence-electron chi connectivity index (χ1n) is 21.2. The average molecular weight is 866 g/mol. The van der Waals surface area contributed by atoms with Crippen LogP contribution < -0.4 is 15.0 Å². The van der Waals surface area contributed by atoms with Gasteiger partial charge in [-0.2, -0.15) is 8.42 Å². The zero-order valence-electron chi connectivity index (χ0n) is 35.6. The summed E-state index contributed by atoms with van der Waals surface area (Å²) >= 11 is 0. The van der Waals surface area contributed by atoms with E-state index in [1.165, 1.54) is 14.2 Å². The maximum atomic E-state index is 15.2. The maximum Gasteiger partial charge on any atom is 0.394 e. The van der Waals surface area contributed by atoms with Crippen molar-refractivity contribution in [3.8, 4) is 5.75 Å². The Bertz CT molecular complexity index is 2380. The molecule has 1 aromatic heterocycles. The Kier molecular flexibility index (Phi) is 10.7. The first kappa shape index (κ1) is 43.6. The van der Waals surface area contributed by atoms with E-state index in [1.54, 1.807) is 7.11 Å². The van der Waals surface area contributed by atoms with Crippen LogP contribution in [0.4, 0.5) is 5.69 Å². The van der Waals surface area contributed by atoms with Crippen molar-refractivity contribution in [1.29, 1.82) is 0 Å². The number of H-pyrrole nitrogens is 1. The second-order valence-electron chi connectivity index (χ2n) is 18.2. The van der Waals surface area contributed by atoms with E-state index in [9.17, 15) is 20.1 Å². The number of aromatic nitrogens is 1. The van der Waals surface area contributed by atoms with E-state index in [-0.39, 0.29) is 12.0 Å². The monoisotopic (exact) mass is 865 g/mol. The summed E-state index contributed by atoms with van der Waals surface area (Å²) in [4.78, 5) is 39.9. The van der Waals surface area contributed by atoms with E-state index in [1.807, 2.05) is 56.1 Å². The van der Waals surface area contributed by atoms with Crippen LogP contribution in [0.5, 0.6) is 5.75 Å². The number of piperidine rings is 1. The third-order valence-corrected chi connectivity index (χ3v) is 15.4. The third-order valence-electron chi connectivity index (χ3n) is 15.4. The Morgan fingerprint density at radius 3 is 2.39 bits per heavy atom. The first-order valence-corrected chi connectivity index (χ1v) is 22.6. The number of carbonyl (C=O) groups is 2. The van der Waals surface area contributed by atoms with Crippen LogP contribution in [-0.2, 0) is 42.0 Å². The van der Waals surface area contributed by atoms with Crippen LogP contribution >= 0.6 is 0 Å². The Hall–Kier alpha value is -4.07. The highest BCUT2D eigenvalue weighted by Gasteiger charge is 2.78. The van der Waals surface area contributed by atoms with Crippen LogP contribution in [-0.4, -0.2) is 150 Å². The molecule has 16 nitrogen and oxygen atoms in total. The minimum Gasteiger partial charge on any atom is -0.496 e. The molecule has 6 heterocycles. The number of methoxy groups -OCH3 is 2. The van der Waals surface area contributed by atoms with Crippen molar-refractivity contribution in [3.63, 3.8) is 0 Å². The predicted molar refractivity (Wildman–Crippen MR) is 227 cm³/mol. The molecule has 7 N–H and O–H groups in total. The fourth-order valence-electron chi connectivity index (χ4n) is 13.2. The summed E-state index contributed by atoms with van der Waals surface area (Å²) in [6.45, 7) is 7.49. The topological polar surface area (TPSA) is 225 Å². The standard InChI is InChI=1S/C44H57N5O7.H2O4S/c1-7-40(53)22-26-23-43(39(52)56-6,34-28(14-18-48(24-26)25-40)27-12-9-10-13-31(27)46-34)30-20-29-32(21-33(30)55-5)47(4)36-42(29)16-19-49-17-11-15-41(8-2,35(42)49)37(50)44(36,54)38(51)45-3;1-5(2,3)4/h9-13,15,20-21,26,35-37,46,50,53-54H,7-8,14,16-19,22-25H2,1-6H3,(H,45,51);(H2,1,2,3,4)/t26-,35+,36-,37-,40+,41-,42-,43+,44+;/m1./s1. The smallest absolute Gasteiger partial charge is 0.394 e. The zero-order chi connectivity index (χ0) is 44.1. The van der Waals surface area contributed by atoms with Gasteiger partial charge < -0.3 is 40.0 Å². The van der Waals surface area contributed by atoms with Crippen molar-refractivity contribution >= 4 is 38.9 Å². The number of hydrogen-bond donors (Lipinski definition) is 7. The van der Waals surface area contributed by atoms with Crippen LogP contribution in [0, 0.1) is 11.3 Å². The Morgan fingerprint density at radius 2 is 1.74 bits per heavy atom. The summed E-state index contributed by atoms with van der Waals surface area (Å²) in [5, 5.41) is 41.1. The quantitative estimate of drug-likeness (QED) is 0.107. The number of aromatic amines is 1. The van der Waals surface area contributed by atoms with Crippen LogP contribution in [0.2, 0.25) is 0 Å². The van der Waals surface area contributed by atoms with Crippen molar-refractivity contribution in [2.24, 2.45) is 11.3 Å². The van der Waals surface area contributed by atoms with E-state index in [0.717, 1.165) is 46.5 Å². The SMILES string of the molecule is CC[C@]1(O)C[C@H]2CN(CCc3c([nH]c4ccccc34)[C@@](C(=O)OC)(c3cc4c(cc3OC)N(C)[C@H]3[C@@](O)(C(=O)NC)[C@H](O)[C@]5(CC)C=CCN6CC[C@]43[C@@H]65)C2)C1.O=S(=O)(O)O. The Morgan fingerprint density at radius 1 is 1.02 bits per heavy atom. The van der Waals surface area contributed by atoms with Crippen molar-refractivity contribution < 1.29 is 51.9 Å². The molecule has 1 unspecified atom stereocenters. The molecule has 61 heavy (non-hydrogen) atoms. The van der Waals surface area contributed by atoms with Crippen LogP contribution in [0.15, 0.2) is 48.6 Å². The Labute approximate surface area is 356 Å². The van der Waals surface area contributed by atoms with Crippen molar-refractivity contribution in [3.05, 3.63) is 70.9 Å². The molecule has 2 aromatic carbocycles. The average Bonchev–Trinajstić information content (AvgIpc) is 3.89. The number of nitrogens with zero attached hydrogens (tertiary/aromatic N) is 3. The van der Waals surface area contributed by atoms with Gasteiger partial charge in [-0.3, -0.25) is 28.5 Å². The number of fused-ring (bicyclic) bond motifs is 6. The maximum absolute atomic E-state index is 15.2. The van der Waals surface area contributed by atoms with Gasteiger partial charge >= 0.3 is 16.4 Å². The molecular formula is C44H59N5O11S. The minimum atomic E-state index is -4.67. The fraction of sp³-hybridized carbons (Fsp3) is 0.591. The lowest BCUT2D eigenvalue weighted by atomic mass is 9.47. The number of anilines is 1. The van der Waals surface area contributed by atoms with Crippen molar-refractivity contribution in [1.82, 2.24) is 20.1 Å². The molecule has 9 rings (SSSR count). The molecule has 1 spiro atoms. The number of rotatable bonds is 6. The van der Waals surface area contributed by atoms with Gasteiger partial charge in [-0.25, -0.2) is 0 Å². The number of esters is 1. The third kappa shape index (κ3) is 6.20. The summed E-state index contributed by atoms with van der Waals surface area (Å²) in [6.07, 6.45) is 6.01. The molecule has 5 aliphatic heterocycles. The van der Waals surface area contributed by atoms with Gasteiger partial charge in [-0.05, 0) is 74.2 Å².